The molecule has 0 bridgehead atoms. The van der Waals surface area contributed by atoms with Gasteiger partial charge < -0.3 is 19.1 Å². The molecule has 8 heteroatoms. The fraction of sp³-hybridized carbons (Fsp3) is 0.368. The molecular weight excluding hydrogens is 386 g/mol. The molecule has 0 aromatic heterocycles. The minimum absolute atomic E-state index is 0.149. The number of rotatable bonds is 8. The largest absolute Gasteiger partial charge is 0.382 e. The maximum atomic E-state index is 13.0. The van der Waals surface area contributed by atoms with Crippen molar-refractivity contribution in [3.8, 4) is 0 Å². The highest BCUT2D eigenvalue weighted by Crippen LogP contribution is 2.42. The zero-order valence-electron chi connectivity index (χ0n) is 15.0. The SMILES string of the molecule is COCCOCOCCN1CC(=O)C(=C2SC=CS2)C(=O)c2ccccc21. The summed E-state index contributed by atoms with van der Waals surface area (Å²) < 4.78 is 16.4. The van der Waals surface area contributed by atoms with Gasteiger partial charge in [0.05, 0.1) is 36.2 Å². The molecule has 3 rings (SSSR count). The molecule has 0 fully saturated rings. The van der Waals surface area contributed by atoms with Crippen LogP contribution in [-0.2, 0) is 19.0 Å². The lowest BCUT2D eigenvalue weighted by atomic mass is 10.0. The predicted molar refractivity (Wildman–Crippen MR) is 108 cm³/mol. The number of nitrogens with zero attached hydrogens (tertiary/aromatic N) is 1. The lowest BCUT2D eigenvalue weighted by Crippen LogP contribution is -2.32. The van der Waals surface area contributed by atoms with Crippen LogP contribution in [0.3, 0.4) is 0 Å². The summed E-state index contributed by atoms with van der Waals surface area (Å²) in [5.74, 6) is -0.369. The molecule has 1 aromatic carbocycles. The Hall–Kier alpha value is -1.58. The minimum Gasteiger partial charge on any atom is -0.382 e. The molecule has 0 saturated heterocycles. The number of carbonyl (C=O) groups excluding carboxylic acids is 2. The molecule has 0 unspecified atom stereocenters. The van der Waals surface area contributed by atoms with Gasteiger partial charge in [-0.15, -0.1) is 0 Å². The third-order valence-corrected chi connectivity index (χ3v) is 6.17. The number of ether oxygens (including phenoxy) is 3. The molecule has 1 aromatic rings. The van der Waals surface area contributed by atoms with E-state index in [-0.39, 0.29) is 30.5 Å². The van der Waals surface area contributed by atoms with Gasteiger partial charge in [-0.05, 0) is 22.9 Å². The van der Waals surface area contributed by atoms with Gasteiger partial charge in [0, 0.05) is 24.9 Å². The molecule has 0 radical (unpaired) electrons. The summed E-state index contributed by atoms with van der Waals surface area (Å²) >= 11 is 2.85. The molecule has 2 aliphatic rings. The number of hydrogen-bond donors (Lipinski definition) is 0. The van der Waals surface area contributed by atoms with Crippen molar-refractivity contribution in [1.29, 1.82) is 0 Å². The van der Waals surface area contributed by atoms with E-state index in [1.54, 1.807) is 13.2 Å². The lowest BCUT2D eigenvalue weighted by molar-refractivity contribution is -0.114. The second-order valence-corrected chi connectivity index (χ2v) is 7.88. The Labute approximate surface area is 166 Å². The number of methoxy groups -OCH3 is 1. The number of ketones is 2. The van der Waals surface area contributed by atoms with Crippen molar-refractivity contribution in [3.05, 3.63) is 50.5 Å². The summed E-state index contributed by atoms with van der Waals surface area (Å²) in [5.41, 5.74) is 1.60. The lowest BCUT2D eigenvalue weighted by Gasteiger charge is -2.23. The zero-order valence-corrected chi connectivity index (χ0v) is 16.6. The van der Waals surface area contributed by atoms with Crippen LogP contribution >= 0.6 is 23.5 Å². The van der Waals surface area contributed by atoms with Crippen molar-refractivity contribution in [1.82, 2.24) is 0 Å². The Bertz CT molecular complexity index is 752. The summed E-state index contributed by atoms with van der Waals surface area (Å²) in [6.07, 6.45) is 0. The number of benzene rings is 1. The quantitative estimate of drug-likeness (QED) is 0.282. The first-order chi connectivity index (χ1) is 13.2. The predicted octanol–water partition coefficient (Wildman–Crippen LogP) is 3.06. The van der Waals surface area contributed by atoms with E-state index in [0.29, 0.717) is 31.9 Å². The number of para-hydroxylation sites is 1. The molecule has 144 valence electrons. The van der Waals surface area contributed by atoms with Gasteiger partial charge in [0.25, 0.3) is 0 Å². The standard InChI is InChI=1S/C19H21NO5S2/c1-23-8-9-25-13-24-7-6-20-12-16(21)17(19-26-10-11-27-19)18(22)14-4-2-3-5-15(14)20/h2-5,10-11H,6-9,12-13H2,1H3. The monoisotopic (exact) mass is 407 g/mol. The van der Waals surface area contributed by atoms with Gasteiger partial charge in [0.2, 0.25) is 0 Å². The van der Waals surface area contributed by atoms with Crippen LogP contribution in [0.1, 0.15) is 10.4 Å². The zero-order chi connectivity index (χ0) is 19.1. The first-order valence-corrected chi connectivity index (χ1v) is 10.3. The van der Waals surface area contributed by atoms with Gasteiger partial charge in [0.15, 0.2) is 11.6 Å². The molecule has 2 heterocycles. The van der Waals surface area contributed by atoms with Crippen LogP contribution in [0.25, 0.3) is 0 Å². The van der Waals surface area contributed by atoms with E-state index in [9.17, 15) is 9.59 Å². The average Bonchev–Trinajstić information content (AvgIpc) is 3.17. The van der Waals surface area contributed by atoms with Crippen molar-refractivity contribution in [2.24, 2.45) is 0 Å². The van der Waals surface area contributed by atoms with E-state index in [1.165, 1.54) is 23.5 Å². The molecule has 0 saturated carbocycles. The minimum atomic E-state index is -0.208. The number of thioether (sulfide) groups is 2. The van der Waals surface area contributed by atoms with E-state index in [0.717, 1.165) is 9.92 Å². The van der Waals surface area contributed by atoms with Crippen LogP contribution in [0.5, 0.6) is 0 Å². The molecule has 27 heavy (non-hydrogen) atoms. The summed E-state index contributed by atoms with van der Waals surface area (Å²) in [4.78, 5) is 27.8. The number of carbonyl (C=O) groups is 2. The molecule has 2 aliphatic heterocycles. The molecule has 6 nitrogen and oxygen atoms in total. The fourth-order valence-corrected chi connectivity index (χ4v) is 4.66. The Morgan fingerprint density at radius 3 is 2.56 bits per heavy atom. The number of Topliss-reactive ketones (excluding diaryl/α,β-unsaturated/α-hetero) is 2. The molecule has 0 N–H and O–H groups in total. The van der Waals surface area contributed by atoms with Gasteiger partial charge in [0.1, 0.15) is 6.79 Å². The molecule has 0 aliphatic carbocycles. The van der Waals surface area contributed by atoms with Crippen molar-refractivity contribution in [3.63, 3.8) is 0 Å². The maximum Gasteiger partial charge on any atom is 0.200 e. The third-order valence-electron chi connectivity index (χ3n) is 4.04. The summed E-state index contributed by atoms with van der Waals surface area (Å²) in [7, 11) is 1.61. The normalized spacial score (nSPS) is 16.9. The van der Waals surface area contributed by atoms with Crippen molar-refractivity contribution in [2.75, 3.05) is 51.7 Å². The Balaban J connectivity index is 1.71. The molecule has 0 spiro atoms. The van der Waals surface area contributed by atoms with E-state index in [4.69, 9.17) is 14.2 Å². The molecule has 0 amide bonds. The van der Waals surface area contributed by atoms with Gasteiger partial charge in [-0.3, -0.25) is 9.59 Å². The Morgan fingerprint density at radius 1 is 1.04 bits per heavy atom. The molecule has 0 atom stereocenters. The summed E-state index contributed by atoms with van der Waals surface area (Å²) in [6, 6.07) is 7.34. The van der Waals surface area contributed by atoms with E-state index < -0.39 is 0 Å². The highest BCUT2D eigenvalue weighted by atomic mass is 32.2. The van der Waals surface area contributed by atoms with Gasteiger partial charge in [-0.25, -0.2) is 0 Å². The van der Waals surface area contributed by atoms with Crippen molar-refractivity contribution < 1.29 is 23.8 Å². The summed E-state index contributed by atoms with van der Waals surface area (Å²) in [6.45, 7) is 2.18. The second kappa shape index (κ2) is 10.1. The topological polar surface area (TPSA) is 65.1 Å². The highest BCUT2D eigenvalue weighted by Gasteiger charge is 2.32. The first-order valence-electron chi connectivity index (χ1n) is 8.51. The fourth-order valence-electron chi connectivity index (χ4n) is 2.76. The van der Waals surface area contributed by atoms with Crippen LogP contribution in [0.15, 0.2) is 44.9 Å². The van der Waals surface area contributed by atoms with E-state index in [1.807, 2.05) is 33.9 Å². The van der Waals surface area contributed by atoms with Crippen molar-refractivity contribution in [2.45, 2.75) is 0 Å². The third kappa shape index (κ3) is 5.03. The van der Waals surface area contributed by atoms with E-state index in [2.05, 4.69) is 0 Å². The Morgan fingerprint density at radius 2 is 1.78 bits per heavy atom. The van der Waals surface area contributed by atoms with Crippen LogP contribution in [0.2, 0.25) is 0 Å². The van der Waals surface area contributed by atoms with Gasteiger partial charge in [-0.1, -0.05) is 35.7 Å². The number of hydrogen-bond acceptors (Lipinski definition) is 8. The second-order valence-electron chi connectivity index (χ2n) is 5.79. The Kier molecular flexibility index (Phi) is 7.54. The van der Waals surface area contributed by atoms with Gasteiger partial charge in [-0.2, -0.15) is 0 Å². The molecular formula is C19H21NO5S2. The van der Waals surface area contributed by atoms with Gasteiger partial charge >= 0.3 is 0 Å². The number of fused-ring (bicyclic) bond motifs is 1. The van der Waals surface area contributed by atoms with Crippen LogP contribution in [-0.4, -0.2) is 58.4 Å². The highest BCUT2D eigenvalue weighted by molar-refractivity contribution is 8.27. The van der Waals surface area contributed by atoms with Crippen LogP contribution < -0.4 is 4.90 Å². The van der Waals surface area contributed by atoms with Crippen molar-refractivity contribution >= 4 is 40.8 Å². The number of anilines is 1. The van der Waals surface area contributed by atoms with Crippen LogP contribution in [0, 0.1) is 0 Å². The van der Waals surface area contributed by atoms with Crippen LogP contribution in [0.4, 0.5) is 5.69 Å². The van der Waals surface area contributed by atoms with E-state index >= 15 is 0 Å². The smallest absolute Gasteiger partial charge is 0.200 e. The maximum absolute atomic E-state index is 13.0. The first kappa shape index (κ1) is 20.2. The average molecular weight is 408 g/mol. The summed E-state index contributed by atoms with van der Waals surface area (Å²) in [5, 5.41) is 3.78.